The first-order valence-electron chi connectivity index (χ1n) is 9.48. The molecule has 11 heteroatoms. The fraction of sp³-hybridized carbons (Fsp3) is 0.765. The highest BCUT2D eigenvalue weighted by atomic mass is 32.2. The number of nitrogens with one attached hydrogen (secondary N) is 1. The molecule has 2 aliphatic rings. The van der Waals surface area contributed by atoms with Crippen LogP contribution in [-0.4, -0.2) is 77.5 Å². The minimum atomic E-state index is -3.07. The number of anilines is 1. The highest BCUT2D eigenvalue weighted by Gasteiger charge is 2.36. The van der Waals surface area contributed by atoms with E-state index in [4.69, 9.17) is 0 Å². The van der Waals surface area contributed by atoms with E-state index in [1.165, 1.54) is 16.2 Å². The summed E-state index contributed by atoms with van der Waals surface area (Å²) in [5.41, 5.74) is -0.151. The number of carbonyl (C=O) groups excluding carboxylic acids is 2. The molecule has 1 atom stereocenters. The number of piperidine rings is 1. The second-order valence-electron chi connectivity index (χ2n) is 8.28. The summed E-state index contributed by atoms with van der Waals surface area (Å²) in [6, 6.07) is -0.843. The van der Waals surface area contributed by atoms with Gasteiger partial charge in [0.1, 0.15) is 11.0 Å². The van der Waals surface area contributed by atoms with Gasteiger partial charge < -0.3 is 9.80 Å². The van der Waals surface area contributed by atoms with E-state index in [-0.39, 0.29) is 41.9 Å². The smallest absolute Gasteiger partial charge is 0.320 e. The molecule has 3 heterocycles. The number of carbonyl (C=O) groups is 2. The second-order valence-corrected chi connectivity index (χ2v) is 11.6. The van der Waals surface area contributed by atoms with E-state index in [0.29, 0.717) is 18.1 Å². The summed E-state index contributed by atoms with van der Waals surface area (Å²) in [5, 5.41) is 12.2. The summed E-state index contributed by atoms with van der Waals surface area (Å²) >= 11 is 1.33. The Labute approximate surface area is 169 Å². The molecule has 2 aliphatic heterocycles. The standard InChI is InChI=1S/C17H27N5O4S2/c1-17(2,3)14-19-20-15(27-14)18-13(23)12-6-4-5-7-22(12)16(24)21-8-10-28(25,26)11-9-21/h12H,4-11H2,1-3H3,(H,18,20,23)/t12-/m1/s1. The molecule has 2 saturated heterocycles. The highest BCUT2D eigenvalue weighted by Crippen LogP contribution is 2.28. The van der Waals surface area contributed by atoms with Crippen molar-refractivity contribution in [1.82, 2.24) is 20.0 Å². The van der Waals surface area contributed by atoms with Gasteiger partial charge in [-0.3, -0.25) is 10.1 Å². The van der Waals surface area contributed by atoms with E-state index in [2.05, 4.69) is 15.5 Å². The Bertz CT molecular complexity index is 832. The number of nitrogens with zero attached hydrogens (tertiary/aromatic N) is 4. The lowest BCUT2D eigenvalue weighted by Crippen LogP contribution is -2.56. The summed E-state index contributed by atoms with van der Waals surface area (Å²) in [5.74, 6) is -0.317. The van der Waals surface area contributed by atoms with Crippen LogP contribution in [0.5, 0.6) is 0 Å². The lowest BCUT2D eigenvalue weighted by Gasteiger charge is -2.39. The van der Waals surface area contributed by atoms with Crippen molar-refractivity contribution in [3.8, 4) is 0 Å². The maximum Gasteiger partial charge on any atom is 0.320 e. The number of amides is 3. The van der Waals surface area contributed by atoms with Crippen molar-refractivity contribution >= 4 is 38.2 Å². The van der Waals surface area contributed by atoms with Gasteiger partial charge in [-0.05, 0) is 19.3 Å². The van der Waals surface area contributed by atoms with Crippen molar-refractivity contribution in [2.45, 2.75) is 51.5 Å². The highest BCUT2D eigenvalue weighted by molar-refractivity contribution is 7.91. The quantitative estimate of drug-likeness (QED) is 0.762. The van der Waals surface area contributed by atoms with Crippen molar-refractivity contribution < 1.29 is 18.0 Å². The Morgan fingerprint density at radius 1 is 1.11 bits per heavy atom. The Morgan fingerprint density at radius 2 is 1.79 bits per heavy atom. The van der Waals surface area contributed by atoms with Gasteiger partial charge in [0.25, 0.3) is 0 Å². The van der Waals surface area contributed by atoms with Gasteiger partial charge in [-0.2, -0.15) is 0 Å². The first-order chi connectivity index (χ1) is 13.1. The van der Waals surface area contributed by atoms with Crippen LogP contribution < -0.4 is 5.32 Å². The SMILES string of the molecule is CC(C)(C)c1nnc(NC(=O)[C@H]2CCCCN2C(=O)N2CCS(=O)(=O)CC2)s1. The molecule has 3 rings (SSSR count). The number of urea groups is 1. The Kier molecular flexibility index (Phi) is 5.95. The first-order valence-corrected chi connectivity index (χ1v) is 12.1. The molecule has 28 heavy (non-hydrogen) atoms. The molecule has 1 aromatic heterocycles. The van der Waals surface area contributed by atoms with Crippen LogP contribution in [0, 0.1) is 0 Å². The van der Waals surface area contributed by atoms with Gasteiger partial charge >= 0.3 is 6.03 Å². The van der Waals surface area contributed by atoms with Crippen LogP contribution in [0.1, 0.15) is 45.0 Å². The lowest BCUT2D eigenvalue weighted by atomic mass is 9.98. The van der Waals surface area contributed by atoms with Crippen molar-refractivity contribution in [2.75, 3.05) is 36.5 Å². The van der Waals surface area contributed by atoms with Crippen LogP contribution in [0.2, 0.25) is 0 Å². The fourth-order valence-electron chi connectivity index (χ4n) is 3.28. The number of hydrogen-bond acceptors (Lipinski definition) is 7. The van der Waals surface area contributed by atoms with Gasteiger partial charge in [0.2, 0.25) is 11.0 Å². The van der Waals surface area contributed by atoms with E-state index in [9.17, 15) is 18.0 Å². The molecule has 1 aromatic rings. The molecule has 0 unspecified atom stereocenters. The summed E-state index contributed by atoms with van der Waals surface area (Å²) in [4.78, 5) is 28.9. The van der Waals surface area contributed by atoms with Gasteiger partial charge in [0.15, 0.2) is 9.84 Å². The summed E-state index contributed by atoms with van der Waals surface area (Å²) in [6.45, 7) is 6.93. The van der Waals surface area contributed by atoms with Crippen molar-refractivity contribution in [1.29, 1.82) is 0 Å². The molecule has 2 fully saturated rings. The maximum atomic E-state index is 12.9. The van der Waals surface area contributed by atoms with Gasteiger partial charge in [-0.25, -0.2) is 13.2 Å². The summed E-state index contributed by atoms with van der Waals surface area (Å²) in [6.07, 6.45) is 2.27. The Hall–Kier alpha value is -1.75. The third-order valence-electron chi connectivity index (χ3n) is 4.96. The average Bonchev–Trinajstić information content (AvgIpc) is 3.10. The zero-order valence-corrected chi connectivity index (χ0v) is 18.1. The molecular weight excluding hydrogens is 402 g/mol. The van der Waals surface area contributed by atoms with Crippen molar-refractivity contribution in [3.63, 3.8) is 0 Å². The molecule has 156 valence electrons. The van der Waals surface area contributed by atoms with Crippen molar-refractivity contribution in [2.24, 2.45) is 0 Å². The topological polar surface area (TPSA) is 113 Å². The number of sulfone groups is 1. The first kappa shape index (κ1) is 21.0. The van der Waals surface area contributed by atoms with Gasteiger partial charge in [0, 0.05) is 25.0 Å². The zero-order valence-electron chi connectivity index (χ0n) is 16.5. The third kappa shape index (κ3) is 4.80. The number of hydrogen-bond donors (Lipinski definition) is 1. The number of aromatic nitrogens is 2. The number of likely N-dealkylation sites (tertiary alicyclic amines) is 1. The van der Waals surface area contributed by atoms with Crippen LogP contribution in [0.3, 0.4) is 0 Å². The van der Waals surface area contributed by atoms with E-state index in [0.717, 1.165) is 17.8 Å². The molecule has 0 saturated carbocycles. The molecule has 0 radical (unpaired) electrons. The predicted octanol–water partition coefficient (Wildman–Crippen LogP) is 1.48. The van der Waals surface area contributed by atoms with E-state index in [1.807, 2.05) is 20.8 Å². The largest absolute Gasteiger partial charge is 0.323 e. The van der Waals surface area contributed by atoms with E-state index >= 15 is 0 Å². The van der Waals surface area contributed by atoms with Crippen LogP contribution in [0.15, 0.2) is 0 Å². The zero-order chi connectivity index (χ0) is 20.5. The molecule has 0 spiro atoms. The Morgan fingerprint density at radius 3 is 2.39 bits per heavy atom. The van der Waals surface area contributed by atoms with Crippen LogP contribution in [0.25, 0.3) is 0 Å². The maximum absolute atomic E-state index is 12.9. The monoisotopic (exact) mass is 429 g/mol. The van der Waals surface area contributed by atoms with Gasteiger partial charge in [0.05, 0.1) is 11.5 Å². The molecule has 0 bridgehead atoms. The fourth-order valence-corrected chi connectivity index (χ4v) is 5.29. The molecule has 3 amide bonds. The normalized spacial score (nSPS) is 22.8. The molecule has 9 nitrogen and oxygen atoms in total. The van der Waals surface area contributed by atoms with Crippen molar-refractivity contribution in [3.05, 3.63) is 5.01 Å². The number of rotatable bonds is 2. The summed E-state index contributed by atoms with van der Waals surface area (Å²) in [7, 11) is -3.07. The molecule has 0 aromatic carbocycles. The Balaban J connectivity index is 1.68. The van der Waals surface area contributed by atoms with Crippen LogP contribution >= 0.6 is 11.3 Å². The van der Waals surface area contributed by atoms with Crippen LogP contribution in [0.4, 0.5) is 9.93 Å². The third-order valence-corrected chi connectivity index (χ3v) is 7.84. The second kappa shape index (κ2) is 7.94. The van der Waals surface area contributed by atoms with Gasteiger partial charge in [-0.15, -0.1) is 10.2 Å². The average molecular weight is 430 g/mol. The minimum absolute atomic E-state index is 0.0240. The molecule has 1 N–H and O–H groups in total. The molecular formula is C17H27N5O4S2. The lowest BCUT2D eigenvalue weighted by molar-refractivity contribution is -0.121. The van der Waals surface area contributed by atoms with E-state index < -0.39 is 15.9 Å². The van der Waals surface area contributed by atoms with Gasteiger partial charge in [-0.1, -0.05) is 32.1 Å². The summed E-state index contributed by atoms with van der Waals surface area (Å²) < 4.78 is 23.2. The van der Waals surface area contributed by atoms with Crippen LogP contribution in [-0.2, 0) is 20.0 Å². The molecule has 0 aliphatic carbocycles. The minimum Gasteiger partial charge on any atom is -0.323 e. The van der Waals surface area contributed by atoms with E-state index in [1.54, 1.807) is 4.90 Å². The predicted molar refractivity (Wildman–Crippen MR) is 107 cm³/mol.